The summed E-state index contributed by atoms with van der Waals surface area (Å²) in [4.78, 5) is 1.62. The zero-order valence-electron chi connectivity index (χ0n) is 6.20. The second-order valence-corrected chi connectivity index (χ2v) is 2.82. The van der Waals surface area contributed by atoms with Crippen molar-refractivity contribution in [2.24, 2.45) is 0 Å². The van der Waals surface area contributed by atoms with Crippen molar-refractivity contribution >= 4 is 0 Å². The summed E-state index contributed by atoms with van der Waals surface area (Å²) in [5.41, 5.74) is -0.149. The standard InChI is InChI=1S/C8H10N2/c1-8(2)5-3-4-6-10(8)7-9/h3-6H,1-2H3. The van der Waals surface area contributed by atoms with Gasteiger partial charge in [0.25, 0.3) is 0 Å². The Bertz CT molecular complexity index is 218. The smallest absolute Gasteiger partial charge is 0.184 e. The van der Waals surface area contributed by atoms with Crippen molar-refractivity contribution in [3.8, 4) is 6.19 Å². The minimum absolute atomic E-state index is 0.149. The Labute approximate surface area is 61.1 Å². The predicted molar refractivity (Wildman–Crippen MR) is 39.8 cm³/mol. The quantitative estimate of drug-likeness (QED) is 0.471. The molecule has 0 spiro atoms. The first-order chi connectivity index (χ1) is 4.67. The monoisotopic (exact) mass is 134 g/mol. The molecular formula is C8H10N2. The van der Waals surface area contributed by atoms with E-state index >= 15 is 0 Å². The van der Waals surface area contributed by atoms with Crippen LogP contribution in [0.15, 0.2) is 24.4 Å². The van der Waals surface area contributed by atoms with Gasteiger partial charge >= 0.3 is 0 Å². The van der Waals surface area contributed by atoms with Crippen LogP contribution in [0.1, 0.15) is 13.8 Å². The molecule has 1 heterocycles. The van der Waals surface area contributed by atoms with Crippen LogP contribution >= 0.6 is 0 Å². The Morgan fingerprint density at radius 2 is 2.10 bits per heavy atom. The second kappa shape index (κ2) is 2.18. The van der Waals surface area contributed by atoms with E-state index in [1.807, 2.05) is 32.1 Å². The van der Waals surface area contributed by atoms with Gasteiger partial charge in [0.05, 0.1) is 5.54 Å². The molecule has 0 saturated carbocycles. The highest BCUT2D eigenvalue weighted by Crippen LogP contribution is 2.18. The summed E-state index contributed by atoms with van der Waals surface area (Å²) in [6.07, 6.45) is 9.67. The van der Waals surface area contributed by atoms with Gasteiger partial charge in [-0.15, -0.1) is 0 Å². The Morgan fingerprint density at radius 3 is 2.50 bits per heavy atom. The summed E-state index contributed by atoms with van der Waals surface area (Å²) in [6.45, 7) is 3.99. The molecule has 0 aromatic carbocycles. The molecule has 1 rings (SSSR count). The molecule has 0 amide bonds. The Kier molecular flexibility index (Phi) is 1.50. The number of hydrogen-bond donors (Lipinski definition) is 0. The summed E-state index contributed by atoms with van der Waals surface area (Å²) >= 11 is 0. The van der Waals surface area contributed by atoms with Gasteiger partial charge in [0.1, 0.15) is 0 Å². The number of nitriles is 1. The van der Waals surface area contributed by atoms with Crippen molar-refractivity contribution < 1.29 is 0 Å². The molecule has 0 saturated heterocycles. The normalized spacial score (nSPS) is 20.7. The minimum Gasteiger partial charge on any atom is -0.277 e. The maximum Gasteiger partial charge on any atom is 0.184 e. The van der Waals surface area contributed by atoms with Crippen LogP contribution in [0.5, 0.6) is 0 Å². The Balaban J connectivity index is 2.87. The second-order valence-electron chi connectivity index (χ2n) is 2.82. The molecular weight excluding hydrogens is 124 g/mol. The van der Waals surface area contributed by atoms with Gasteiger partial charge in [-0.1, -0.05) is 12.2 Å². The van der Waals surface area contributed by atoms with Gasteiger partial charge in [0.15, 0.2) is 6.19 Å². The molecule has 0 N–H and O–H groups in total. The molecule has 2 heteroatoms. The lowest BCUT2D eigenvalue weighted by Gasteiger charge is -2.30. The van der Waals surface area contributed by atoms with Crippen molar-refractivity contribution in [1.82, 2.24) is 4.90 Å². The van der Waals surface area contributed by atoms with Crippen LogP contribution < -0.4 is 0 Å². The lowest BCUT2D eigenvalue weighted by molar-refractivity contribution is 0.329. The van der Waals surface area contributed by atoms with Gasteiger partial charge in [0.2, 0.25) is 0 Å². The third-order valence-corrected chi connectivity index (χ3v) is 1.58. The van der Waals surface area contributed by atoms with Gasteiger partial charge < -0.3 is 0 Å². The largest absolute Gasteiger partial charge is 0.277 e. The van der Waals surface area contributed by atoms with E-state index in [1.165, 1.54) is 0 Å². The fourth-order valence-corrected chi connectivity index (χ4v) is 0.861. The van der Waals surface area contributed by atoms with Crippen LogP contribution in [-0.2, 0) is 0 Å². The first-order valence-electron chi connectivity index (χ1n) is 3.22. The molecule has 52 valence electrons. The fourth-order valence-electron chi connectivity index (χ4n) is 0.861. The van der Waals surface area contributed by atoms with Gasteiger partial charge in [-0.05, 0) is 19.9 Å². The Hall–Kier alpha value is -1.23. The van der Waals surface area contributed by atoms with Crippen LogP contribution in [0.4, 0.5) is 0 Å². The van der Waals surface area contributed by atoms with E-state index in [4.69, 9.17) is 5.26 Å². The van der Waals surface area contributed by atoms with E-state index in [-0.39, 0.29) is 5.54 Å². The maximum atomic E-state index is 8.62. The van der Waals surface area contributed by atoms with E-state index in [1.54, 1.807) is 11.1 Å². The first kappa shape index (κ1) is 6.88. The highest BCUT2D eigenvalue weighted by molar-refractivity contribution is 5.20. The van der Waals surface area contributed by atoms with Crippen LogP contribution in [0, 0.1) is 11.5 Å². The molecule has 0 fully saturated rings. The summed E-state index contributed by atoms with van der Waals surface area (Å²) < 4.78 is 0. The SMILES string of the molecule is CC1(C)C=CC=CN1C#N. The minimum atomic E-state index is -0.149. The van der Waals surface area contributed by atoms with Gasteiger partial charge in [-0.2, -0.15) is 5.26 Å². The van der Waals surface area contributed by atoms with Crippen LogP contribution in [0.2, 0.25) is 0 Å². The molecule has 2 nitrogen and oxygen atoms in total. The van der Waals surface area contributed by atoms with Gasteiger partial charge in [-0.25, -0.2) is 0 Å². The van der Waals surface area contributed by atoms with E-state index in [9.17, 15) is 0 Å². The summed E-state index contributed by atoms with van der Waals surface area (Å²) in [5.74, 6) is 0. The average molecular weight is 134 g/mol. The molecule has 1 aliphatic rings. The number of allylic oxidation sites excluding steroid dienone is 2. The third kappa shape index (κ3) is 1.03. The van der Waals surface area contributed by atoms with Crippen LogP contribution in [0.3, 0.4) is 0 Å². The number of nitrogens with zero attached hydrogens (tertiary/aromatic N) is 2. The van der Waals surface area contributed by atoms with E-state index in [0.29, 0.717) is 0 Å². The van der Waals surface area contributed by atoms with Crippen LogP contribution in [0.25, 0.3) is 0 Å². The van der Waals surface area contributed by atoms with E-state index < -0.39 is 0 Å². The molecule has 1 aliphatic heterocycles. The van der Waals surface area contributed by atoms with Crippen molar-refractivity contribution in [2.45, 2.75) is 19.4 Å². The fraction of sp³-hybridized carbons (Fsp3) is 0.375. The molecule has 0 aliphatic carbocycles. The van der Waals surface area contributed by atoms with E-state index in [2.05, 4.69) is 6.19 Å². The highest BCUT2D eigenvalue weighted by Gasteiger charge is 2.21. The zero-order chi connectivity index (χ0) is 7.61. The van der Waals surface area contributed by atoms with Gasteiger partial charge in [-0.3, -0.25) is 4.90 Å². The summed E-state index contributed by atoms with van der Waals surface area (Å²) in [6, 6.07) is 0. The van der Waals surface area contributed by atoms with Crippen molar-refractivity contribution in [1.29, 1.82) is 5.26 Å². The van der Waals surface area contributed by atoms with Crippen molar-refractivity contribution in [3.05, 3.63) is 24.4 Å². The molecule has 0 radical (unpaired) electrons. The maximum absolute atomic E-state index is 8.62. The molecule has 0 aromatic rings. The van der Waals surface area contributed by atoms with Crippen LogP contribution in [-0.4, -0.2) is 10.4 Å². The topological polar surface area (TPSA) is 27.0 Å². The molecule has 0 aromatic heterocycles. The number of hydrogen-bond acceptors (Lipinski definition) is 2. The summed E-state index contributed by atoms with van der Waals surface area (Å²) in [5, 5.41) is 8.62. The predicted octanol–water partition coefficient (Wildman–Crippen LogP) is 1.63. The Morgan fingerprint density at radius 1 is 1.40 bits per heavy atom. The molecule has 0 unspecified atom stereocenters. The average Bonchev–Trinajstić information content (AvgIpc) is 1.87. The lowest BCUT2D eigenvalue weighted by Crippen LogP contribution is -2.35. The molecule has 0 bridgehead atoms. The van der Waals surface area contributed by atoms with E-state index in [0.717, 1.165) is 0 Å². The lowest BCUT2D eigenvalue weighted by atomic mass is 10.0. The van der Waals surface area contributed by atoms with Crippen molar-refractivity contribution in [3.63, 3.8) is 0 Å². The molecule has 10 heavy (non-hydrogen) atoms. The first-order valence-corrected chi connectivity index (χ1v) is 3.22. The molecule has 0 atom stereocenters. The third-order valence-electron chi connectivity index (χ3n) is 1.58. The number of rotatable bonds is 0. The summed E-state index contributed by atoms with van der Waals surface area (Å²) in [7, 11) is 0. The highest BCUT2D eigenvalue weighted by atomic mass is 15.2. The van der Waals surface area contributed by atoms with Gasteiger partial charge in [0, 0.05) is 6.20 Å². The zero-order valence-corrected chi connectivity index (χ0v) is 6.20. The van der Waals surface area contributed by atoms with Crippen molar-refractivity contribution in [2.75, 3.05) is 0 Å².